The molecule has 0 bridgehead atoms. The van der Waals surface area contributed by atoms with Gasteiger partial charge in [0.15, 0.2) is 11.4 Å². The summed E-state index contributed by atoms with van der Waals surface area (Å²) in [7, 11) is 3.17. The highest BCUT2D eigenvalue weighted by Gasteiger charge is 2.50. The Labute approximate surface area is 387 Å². The topological polar surface area (TPSA) is 152 Å². The van der Waals surface area contributed by atoms with Crippen molar-refractivity contribution in [2.45, 2.75) is 69.6 Å². The first-order valence-electron chi connectivity index (χ1n) is 22.1. The molecular weight excluding hydrogens is 898 g/mol. The Hall–Kier alpha value is -6.93. The van der Waals surface area contributed by atoms with Crippen LogP contribution < -0.4 is 10.6 Å². The van der Waals surface area contributed by atoms with Crippen molar-refractivity contribution in [3.63, 3.8) is 0 Å². The molecule has 0 spiro atoms. The molecule has 2 aliphatic heterocycles. The van der Waals surface area contributed by atoms with Crippen LogP contribution in [-0.4, -0.2) is 111 Å². The quantitative estimate of drug-likeness (QED) is 0.109. The number of rotatable bonds is 13. The number of carbonyl (C=O) groups is 2. The van der Waals surface area contributed by atoms with E-state index >= 15 is 17.6 Å². The molecule has 2 aromatic carbocycles. The van der Waals surface area contributed by atoms with Crippen molar-refractivity contribution in [2.24, 2.45) is 25.9 Å². The first-order chi connectivity index (χ1) is 32.3. The number of aryl methyl sites for hydroxylation is 3. The summed E-state index contributed by atoms with van der Waals surface area (Å²) in [5.41, 5.74) is 1.78. The second-order valence-corrected chi connectivity index (χ2v) is 17.5. The van der Waals surface area contributed by atoms with E-state index in [-0.39, 0.29) is 48.4 Å². The fraction of sp³-hybridized carbons (Fsp3) is 0.404. The lowest BCUT2D eigenvalue weighted by atomic mass is 9.80. The molecule has 0 aliphatic carbocycles. The van der Waals surface area contributed by atoms with Crippen LogP contribution >= 0.6 is 0 Å². The predicted molar refractivity (Wildman–Crippen MR) is 238 cm³/mol. The van der Waals surface area contributed by atoms with Gasteiger partial charge in [-0.2, -0.15) is 23.4 Å². The number of likely N-dealkylation sites (tertiary alicyclic amines) is 2. The van der Waals surface area contributed by atoms with Gasteiger partial charge in [-0.05, 0) is 46.9 Å². The molecule has 8 rings (SSSR count). The van der Waals surface area contributed by atoms with Crippen LogP contribution in [0.2, 0.25) is 0 Å². The molecule has 14 nitrogen and oxygen atoms in total. The molecule has 2 amide bonds. The molecule has 2 saturated heterocycles. The van der Waals surface area contributed by atoms with Crippen LogP contribution in [0.25, 0.3) is 22.3 Å². The Morgan fingerprint density at radius 3 is 1.81 bits per heavy atom. The van der Waals surface area contributed by atoms with Gasteiger partial charge in [0.1, 0.15) is 0 Å². The van der Waals surface area contributed by atoms with Crippen molar-refractivity contribution in [1.82, 2.24) is 49.3 Å². The fourth-order valence-corrected chi connectivity index (χ4v) is 9.21. The predicted octanol–water partition coefficient (Wildman–Crippen LogP) is 8.07. The minimum atomic E-state index is -4.71. The van der Waals surface area contributed by atoms with Crippen molar-refractivity contribution in [3.8, 4) is 22.3 Å². The van der Waals surface area contributed by atoms with Gasteiger partial charge in [0, 0.05) is 88.3 Å². The van der Waals surface area contributed by atoms with E-state index in [0.717, 1.165) is 21.8 Å². The lowest BCUT2D eigenvalue weighted by Gasteiger charge is -2.45. The number of nitrogens with zero attached hydrogens (tertiary/aromatic N) is 10. The number of benzene rings is 2. The monoisotopic (exact) mass is 946 g/mol. The number of nitrogens with one attached hydrogen (secondary N) is 2. The summed E-state index contributed by atoms with van der Waals surface area (Å²) >= 11 is 0. The number of hydrogen-bond acceptors (Lipinski definition) is 10. The van der Waals surface area contributed by atoms with E-state index in [2.05, 4.69) is 40.8 Å². The smallest absolute Gasteiger partial charge is 0.352 e. The van der Waals surface area contributed by atoms with Crippen LogP contribution in [-0.2, 0) is 33.1 Å². The minimum absolute atomic E-state index is 0.0661. The summed E-state index contributed by atoms with van der Waals surface area (Å²) in [6.45, 7) is 1.54. The largest absolute Gasteiger partial charge is 0.419 e. The van der Waals surface area contributed by atoms with Gasteiger partial charge in [-0.15, -0.1) is 0 Å². The third-order valence-electron chi connectivity index (χ3n) is 12.5. The molecule has 6 aromatic rings. The van der Waals surface area contributed by atoms with Crippen LogP contribution in [0.5, 0.6) is 0 Å². The summed E-state index contributed by atoms with van der Waals surface area (Å²) in [6, 6.07) is 13.8. The third kappa shape index (κ3) is 10.4. The summed E-state index contributed by atoms with van der Waals surface area (Å²) in [5, 5.41) is 14.9. The van der Waals surface area contributed by atoms with Crippen LogP contribution in [0.15, 0.2) is 91.8 Å². The van der Waals surface area contributed by atoms with E-state index in [1.54, 1.807) is 100 Å². The summed E-state index contributed by atoms with van der Waals surface area (Å²) in [4.78, 5) is 47.8. The SMILES string of the molecule is CCc1cnc(NCC2[C@H](C)CC(F)(F)CN2C(=O)c2nn(C)cc2-c2ccccc2C[C@@H]2CC(F)(F)CN(C(=O)c3nn(C)cc3-c3ccccc3)C2CNc2ncc(C(F)(F)F)cn2)nc1. The highest BCUT2D eigenvalue weighted by molar-refractivity contribution is 6.00. The molecule has 21 heteroatoms. The van der Waals surface area contributed by atoms with Crippen molar-refractivity contribution in [1.29, 1.82) is 0 Å². The van der Waals surface area contributed by atoms with Gasteiger partial charge in [-0.1, -0.05) is 68.4 Å². The maximum atomic E-state index is 16.2. The van der Waals surface area contributed by atoms with E-state index in [9.17, 15) is 22.8 Å². The maximum absolute atomic E-state index is 16.2. The van der Waals surface area contributed by atoms with Crippen LogP contribution in [0, 0.1) is 11.8 Å². The first-order valence-corrected chi connectivity index (χ1v) is 22.1. The molecule has 2 fully saturated rings. The van der Waals surface area contributed by atoms with Crippen molar-refractivity contribution in [2.75, 3.05) is 36.8 Å². The Kier molecular flexibility index (Phi) is 13.3. The molecule has 2 aliphatic rings. The molecule has 4 aromatic heterocycles. The molecule has 4 atom stereocenters. The fourth-order valence-electron chi connectivity index (χ4n) is 9.21. The Morgan fingerprint density at radius 2 is 1.21 bits per heavy atom. The van der Waals surface area contributed by atoms with Crippen LogP contribution in [0.4, 0.5) is 42.6 Å². The number of hydrogen-bond donors (Lipinski definition) is 2. The number of carbonyl (C=O) groups excluding carboxylic acids is 2. The molecule has 0 radical (unpaired) electrons. The molecular formula is C47H49F7N12O2. The zero-order chi connectivity index (χ0) is 48.5. The summed E-state index contributed by atoms with van der Waals surface area (Å²) < 4.78 is 106. The zero-order valence-corrected chi connectivity index (χ0v) is 37.6. The molecule has 68 heavy (non-hydrogen) atoms. The number of anilines is 2. The second-order valence-electron chi connectivity index (χ2n) is 17.5. The Bertz CT molecular complexity index is 2730. The zero-order valence-electron chi connectivity index (χ0n) is 37.6. The second kappa shape index (κ2) is 19.0. The molecule has 6 heterocycles. The summed E-state index contributed by atoms with van der Waals surface area (Å²) in [5.74, 6) is -9.83. The molecule has 2 N–H and O–H groups in total. The molecule has 358 valence electrons. The third-order valence-corrected chi connectivity index (χ3v) is 12.5. The van der Waals surface area contributed by atoms with Gasteiger partial charge in [0.2, 0.25) is 11.9 Å². The van der Waals surface area contributed by atoms with Crippen molar-refractivity contribution >= 4 is 23.7 Å². The standard InChI is InChI=1S/C47H49F7N12O2/c1-5-29-18-55-43(56-19-29)59-22-37-28(2)16-45(48,49)26-65(37)42(68)40-36(25-64(4)62-40)34-14-10-9-13-31(34)15-32-17-46(50,51)27-66(38(32)23-60-44-57-20-33(21-58-44)47(52,53)54)41(67)39-35(24-63(3)61-39)30-11-7-6-8-12-30/h6-14,18-21,24-25,28,32,37-38H,5,15-17,22-23,26-27H2,1-4H3,(H,55,56,59)(H,57,58,60)/t28-,32-,37?,38?/m1/s1. The van der Waals surface area contributed by atoms with Crippen LogP contribution in [0.3, 0.4) is 0 Å². The number of halogens is 7. The van der Waals surface area contributed by atoms with Gasteiger partial charge in [0.05, 0.1) is 30.7 Å². The van der Waals surface area contributed by atoms with E-state index < -0.39 is 85.2 Å². The minimum Gasteiger partial charge on any atom is -0.352 e. The number of piperidine rings is 2. The Morgan fingerprint density at radius 1 is 0.691 bits per heavy atom. The Balaban J connectivity index is 1.13. The van der Waals surface area contributed by atoms with Gasteiger partial charge in [0.25, 0.3) is 23.7 Å². The number of alkyl halides is 7. The van der Waals surface area contributed by atoms with Gasteiger partial charge >= 0.3 is 6.18 Å². The van der Waals surface area contributed by atoms with Gasteiger partial charge < -0.3 is 20.4 Å². The van der Waals surface area contributed by atoms with Crippen LogP contribution in [0.1, 0.15) is 64.4 Å². The van der Waals surface area contributed by atoms with E-state index in [4.69, 9.17) is 0 Å². The number of amides is 2. The van der Waals surface area contributed by atoms with Gasteiger partial charge in [-0.25, -0.2) is 37.5 Å². The lowest BCUT2D eigenvalue weighted by molar-refractivity contribution is -0.138. The van der Waals surface area contributed by atoms with E-state index in [1.807, 2.05) is 6.92 Å². The van der Waals surface area contributed by atoms with E-state index in [1.165, 1.54) is 9.36 Å². The van der Waals surface area contributed by atoms with E-state index in [0.29, 0.717) is 34.6 Å². The molecule has 0 saturated carbocycles. The maximum Gasteiger partial charge on any atom is 0.419 e. The van der Waals surface area contributed by atoms with Gasteiger partial charge in [-0.3, -0.25) is 19.0 Å². The highest BCUT2D eigenvalue weighted by Crippen LogP contribution is 2.41. The van der Waals surface area contributed by atoms with Crippen molar-refractivity contribution < 1.29 is 40.3 Å². The average Bonchev–Trinajstić information content (AvgIpc) is 3.89. The molecule has 2 unspecified atom stereocenters. The summed E-state index contributed by atoms with van der Waals surface area (Å²) in [6.07, 6.45) is 2.42. The normalized spacial score (nSPS) is 20.3. The van der Waals surface area contributed by atoms with Crippen molar-refractivity contribution in [3.05, 3.63) is 120 Å². The average molecular weight is 947 g/mol. The highest BCUT2D eigenvalue weighted by atomic mass is 19.4. The first kappa shape index (κ1) is 47.6. The lowest BCUT2D eigenvalue weighted by Crippen LogP contribution is -2.58. The number of aromatic nitrogens is 8.